The SMILES string of the molecule is COc1ccccc1C(=O)NC1CC2(CCNCC2)C1. The van der Waals surface area contributed by atoms with E-state index in [1.165, 1.54) is 12.8 Å². The topological polar surface area (TPSA) is 50.4 Å². The monoisotopic (exact) mass is 274 g/mol. The molecule has 20 heavy (non-hydrogen) atoms. The molecule has 4 heteroatoms. The van der Waals surface area contributed by atoms with Gasteiger partial charge in [0.25, 0.3) is 5.91 Å². The van der Waals surface area contributed by atoms with Gasteiger partial charge in [0.1, 0.15) is 5.75 Å². The van der Waals surface area contributed by atoms with Crippen LogP contribution >= 0.6 is 0 Å². The molecule has 0 unspecified atom stereocenters. The minimum atomic E-state index is -0.0174. The summed E-state index contributed by atoms with van der Waals surface area (Å²) < 4.78 is 5.24. The van der Waals surface area contributed by atoms with E-state index in [0.717, 1.165) is 25.9 Å². The summed E-state index contributed by atoms with van der Waals surface area (Å²) in [7, 11) is 1.60. The Morgan fingerprint density at radius 2 is 2.00 bits per heavy atom. The first-order valence-electron chi connectivity index (χ1n) is 7.37. The molecule has 1 spiro atoms. The lowest BCUT2D eigenvalue weighted by molar-refractivity contribution is 0.0422. The van der Waals surface area contributed by atoms with E-state index in [1.54, 1.807) is 7.11 Å². The molecule has 1 heterocycles. The van der Waals surface area contributed by atoms with Crippen molar-refractivity contribution in [2.75, 3.05) is 20.2 Å². The van der Waals surface area contributed by atoms with Crippen LogP contribution in [0.25, 0.3) is 0 Å². The zero-order chi connectivity index (χ0) is 14.0. The van der Waals surface area contributed by atoms with E-state index in [0.29, 0.717) is 22.8 Å². The molecule has 0 radical (unpaired) electrons. The van der Waals surface area contributed by atoms with Crippen LogP contribution in [0.15, 0.2) is 24.3 Å². The minimum absolute atomic E-state index is 0.0174. The van der Waals surface area contributed by atoms with Crippen LogP contribution in [0.1, 0.15) is 36.0 Å². The summed E-state index contributed by atoms with van der Waals surface area (Å²) in [5.74, 6) is 0.622. The number of hydrogen-bond acceptors (Lipinski definition) is 3. The molecule has 4 nitrogen and oxygen atoms in total. The summed E-state index contributed by atoms with van der Waals surface area (Å²) in [6, 6.07) is 7.71. The van der Waals surface area contributed by atoms with Gasteiger partial charge in [-0.25, -0.2) is 0 Å². The molecule has 0 atom stereocenters. The van der Waals surface area contributed by atoms with Crippen molar-refractivity contribution in [3.8, 4) is 5.75 Å². The van der Waals surface area contributed by atoms with Crippen molar-refractivity contribution < 1.29 is 9.53 Å². The molecule has 2 aliphatic rings. The van der Waals surface area contributed by atoms with Gasteiger partial charge >= 0.3 is 0 Å². The van der Waals surface area contributed by atoms with Gasteiger partial charge in [0, 0.05) is 6.04 Å². The van der Waals surface area contributed by atoms with Crippen LogP contribution in [0.2, 0.25) is 0 Å². The van der Waals surface area contributed by atoms with E-state index >= 15 is 0 Å². The smallest absolute Gasteiger partial charge is 0.255 e. The maximum absolute atomic E-state index is 12.3. The highest BCUT2D eigenvalue weighted by Gasteiger charge is 2.45. The Labute approximate surface area is 119 Å². The van der Waals surface area contributed by atoms with Gasteiger partial charge < -0.3 is 15.4 Å². The summed E-state index contributed by atoms with van der Waals surface area (Å²) in [5.41, 5.74) is 1.12. The molecule has 1 aromatic carbocycles. The first kappa shape index (κ1) is 13.4. The van der Waals surface area contributed by atoms with Crippen molar-refractivity contribution >= 4 is 5.91 Å². The largest absolute Gasteiger partial charge is 0.496 e. The van der Waals surface area contributed by atoms with Gasteiger partial charge in [-0.15, -0.1) is 0 Å². The first-order valence-corrected chi connectivity index (χ1v) is 7.37. The second-order valence-electron chi connectivity index (χ2n) is 6.03. The van der Waals surface area contributed by atoms with Crippen molar-refractivity contribution in [2.24, 2.45) is 5.41 Å². The first-order chi connectivity index (χ1) is 9.72. The lowest BCUT2D eigenvalue weighted by Gasteiger charge is -2.50. The lowest BCUT2D eigenvalue weighted by atomic mass is 9.60. The fourth-order valence-corrected chi connectivity index (χ4v) is 3.55. The van der Waals surface area contributed by atoms with Crippen LogP contribution in [-0.4, -0.2) is 32.1 Å². The predicted molar refractivity (Wildman–Crippen MR) is 78.0 cm³/mol. The zero-order valence-electron chi connectivity index (χ0n) is 11.9. The number of para-hydroxylation sites is 1. The number of carbonyl (C=O) groups is 1. The van der Waals surface area contributed by atoms with Gasteiger partial charge in [-0.05, 0) is 56.3 Å². The molecular formula is C16H22N2O2. The third-order valence-corrected chi connectivity index (χ3v) is 4.71. The molecule has 2 N–H and O–H groups in total. The fourth-order valence-electron chi connectivity index (χ4n) is 3.55. The van der Waals surface area contributed by atoms with Crippen LogP contribution < -0.4 is 15.4 Å². The summed E-state index contributed by atoms with van der Waals surface area (Å²) in [6.45, 7) is 2.24. The molecule has 108 valence electrons. The van der Waals surface area contributed by atoms with Crippen molar-refractivity contribution in [1.29, 1.82) is 0 Å². The van der Waals surface area contributed by atoms with Crippen molar-refractivity contribution in [3.63, 3.8) is 0 Å². The second kappa shape index (κ2) is 5.44. The average Bonchev–Trinajstić information content (AvgIpc) is 2.46. The van der Waals surface area contributed by atoms with E-state index in [2.05, 4.69) is 10.6 Å². The third kappa shape index (κ3) is 2.52. The van der Waals surface area contributed by atoms with Gasteiger partial charge in [0.2, 0.25) is 0 Å². The van der Waals surface area contributed by atoms with Crippen LogP contribution in [0.5, 0.6) is 5.75 Å². The van der Waals surface area contributed by atoms with Gasteiger partial charge in [0.15, 0.2) is 0 Å². The van der Waals surface area contributed by atoms with Crippen LogP contribution in [0.4, 0.5) is 0 Å². The van der Waals surface area contributed by atoms with E-state index in [4.69, 9.17) is 4.74 Å². The molecule has 1 aromatic rings. The van der Waals surface area contributed by atoms with Gasteiger partial charge in [-0.1, -0.05) is 12.1 Å². The van der Waals surface area contributed by atoms with Crippen molar-refractivity contribution in [2.45, 2.75) is 31.7 Å². The molecule has 1 amide bonds. The Balaban J connectivity index is 1.58. The standard InChI is InChI=1S/C16H22N2O2/c1-20-14-5-3-2-4-13(14)15(19)18-12-10-16(11-12)6-8-17-9-7-16/h2-5,12,17H,6-11H2,1H3,(H,18,19). The van der Waals surface area contributed by atoms with E-state index in [-0.39, 0.29) is 5.91 Å². The number of piperidine rings is 1. The highest BCUT2D eigenvalue weighted by molar-refractivity contribution is 5.97. The number of carbonyl (C=O) groups excluding carboxylic acids is 1. The minimum Gasteiger partial charge on any atom is -0.496 e. The molecule has 1 saturated heterocycles. The predicted octanol–water partition coefficient (Wildman–Crippen LogP) is 1.96. The Hall–Kier alpha value is -1.55. The maximum atomic E-state index is 12.3. The second-order valence-corrected chi connectivity index (χ2v) is 6.03. The molecule has 0 aromatic heterocycles. The molecular weight excluding hydrogens is 252 g/mol. The quantitative estimate of drug-likeness (QED) is 0.886. The van der Waals surface area contributed by atoms with E-state index < -0.39 is 0 Å². The molecule has 1 aliphatic carbocycles. The Bertz CT molecular complexity index is 487. The molecule has 2 fully saturated rings. The van der Waals surface area contributed by atoms with Gasteiger partial charge in [0.05, 0.1) is 12.7 Å². The number of nitrogens with one attached hydrogen (secondary N) is 2. The lowest BCUT2D eigenvalue weighted by Crippen LogP contribution is -2.54. The normalized spacial score (nSPS) is 21.2. The Morgan fingerprint density at radius 3 is 2.70 bits per heavy atom. The highest BCUT2D eigenvalue weighted by Crippen LogP contribution is 2.47. The summed E-state index contributed by atoms with van der Waals surface area (Å²) in [6.07, 6.45) is 4.73. The maximum Gasteiger partial charge on any atom is 0.255 e. The van der Waals surface area contributed by atoms with Crippen molar-refractivity contribution in [1.82, 2.24) is 10.6 Å². The number of amides is 1. The number of ether oxygens (including phenoxy) is 1. The number of methoxy groups -OCH3 is 1. The fraction of sp³-hybridized carbons (Fsp3) is 0.562. The number of hydrogen-bond donors (Lipinski definition) is 2. The van der Waals surface area contributed by atoms with Crippen LogP contribution in [0.3, 0.4) is 0 Å². The Morgan fingerprint density at radius 1 is 1.30 bits per heavy atom. The molecule has 0 bridgehead atoms. The molecule has 1 aliphatic heterocycles. The zero-order valence-corrected chi connectivity index (χ0v) is 11.9. The average molecular weight is 274 g/mol. The molecule has 1 saturated carbocycles. The third-order valence-electron chi connectivity index (χ3n) is 4.71. The number of rotatable bonds is 3. The van der Waals surface area contributed by atoms with Crippen molar-refractivity contribution in [3.05, 3.63) is 29.8 Å². The van der Waals surface area contributed by atoms with E-state index in [1.807, 2.05) is 24.3 Å². The summed E-state index contributed by atoms with van der Waals surface area (Å²) in [5, 5.41) is 6.54. The van der Waals surface area contributed by atoms with E-state index in [9.17, 15) is 4.79 Å². The van der Waals surface area contributed by atoms with Crippen LogP contribution in [-0.2, 0) is 0 Å². The molecule has 3 rings (SSSR count). The summed E-state index contributed by atoms with van der Waals surface area (Å²) in [4.78, 5) is 12.3. The highest BCUT2D eigenvalue weighted by atomic mass is 16.5. The van der Waals surface area contributed by atoms with Gasteiger partial charge in [-0.2, -0.15) is 0 Å². The van der Waals surface area contributed by atoms with Crippen LogP contribution in [0, 0.1) is 5.41 Å². The van der Waals surface area contributed by atoms with Gasteiger partial charge in [-0.3, -0.25) is 4.79 Å². The Kier molecular flexibility index (Phi) is 3.66. The number of benzene rings is 1. The summed E-state index contributed by atoms with van der Waals surface area (Å²) >= 11 is 0.